The SMILES string of the molecule is CC1CCCCC1.Cc1cc(C(N)=O)nc(-n2ccnc2)n1.[HH]. The van der Waals surface area contributed by atoms with Crippen LogP contribution in [0.2, 0.25) is 0 Å². The minimum Gasteiger partial charge on any atom is -0.364 e. The standard InChI is InChI=1S/C9H9N5O.C7H14.H2/c1-6-4-7(8(10)15)13-9(12-6)14-3-2-11-5-14;1-7-5-3-2-4-6-7;/h2-5H,1H3,(H2,10,15);7H,2-6H2,1H3;1H. The molecule has 2 aromatic rings. The van der Waals surface area contributed by atoms with E-state index in [9.17, 15) is 4.79 Å². The molecule has 0 unspecified atom stereocenters. The first-order valence-corrected chi connectivity index (χ1v) is 7.70. The molecule has 2 N–H and O–H groups in total. The number of amides is 1. The van der Waals surface area contributed by atoms with Crippen LogP contribution in [0.4, 0.5) is 0 Å². The molecule has 1 aliphatic rings. The van der Waals surface area contributed by atoms with E-state index >= 15 is 0 Å². The van der Waals surface area contributed by atoms with Crippen LogP contribution in [0.25, 0.3) is 5.95 Å². The van der Waals surface area contributed by atoms with Crippen LogP contribution in [-0.2, 0) is 0 Å². The summed E-state index contributed by atoms with van der Waals surface area (Å²) in [6, 6.07) is 1.54. The van der Waals surface area contributed by atoms with Crippen LogP contribution in [0.15, 0.2) is 24.8 Å². The average Bonchev–Trinajstić information content (AvgIpc) is 3.02. The van der Waals surface area contributed by atoms with E-state index in [0.29, 0.717) is 11.6 Å². The zero-order valence-corrected chi connectivity index (χ0v) is 13.2. The van der Waals surface area contributed by atoms with Gasteiger partial charge >= 0.3 is 0 Å². The van der Waals surface area contributed by atoms with Crippen molar-refractivity contribution in [3.8, 4) is 5.95 Å². The number of hydrogen-bond donors (Lipinski definition) is 1. The molecule has 1 aliphatic carbocycles. The first-order chi connectivity index (χ1) is 10.6. The van der Waals surface area contributed by atoms with Gasteiger partial charge in [-0.2, -0.15) is 0 Å². The second kappa shape index (κ2) is 7.68. The molecule has 0 radical (unpaired) electrons. The summed E-state index contributed by atoms with van der Waals surface area (Å²) >= 11 is 0. The van der Waals surface area contributed by atoms with Gasteiger partial charge in [-0.3, -0.25) is 9.36 Å². The number of carbonyl (C=O) groups is 1. The molecule has 0 spiro atoms. The van der Waals surface area contributed by atoms with E-state index in [1.807, 2.05) is 0 Å². The minimum atomic E-state index is -0.568. The fourth-order valence-electron chi connectivity index (χ4n) is 2.48. The third-order valence-corrected chi connectivity index (χ3v) is 3.72. The predicted octanol–water partition coefficient (Wildman–Crippen LogP) is 2.90. The maximum absolute atomic E-state index is 11.0. The van der Waals surface area contributed by atoms with E-state index in [4.69, 9.17) is 5.73 Å². The van der Waals surface area contributed by atoms with Crippen molar-refractivity contribution in [1.82, 2.24) is 19.5 Å². The Hall–Kier alpha value is -2.24. The normalized spacial score (nSPS) is 15.0. The van der Waals surface area contributed by atoms with E-state index in [0.717, 1.165) is 5.92 Å². The van der Waals surface area contributed by atoms with Crippen LogP contribution in [0.5, 0.6) is 0 Å². The Bertz CT molecular complexity index is 609. The number of aryl methyl sites for hydroxylation is 1. The summed E-state index contributed by atoms with van der Waals surface area (Å²) in [4.78, 5) is 23.0. The van der Waals surface area contributed by atoms with Crippen LogP contribution < -0.4 is 5.73 Å². The molecule has 0 bridgehead atoms. The van der Waals surface area contributed by atoms with Crippen molar-refractivity contribution in [3.05, 3.63) is 36.2 Å². The number of rotatable bonds is 2. The lowest BCUT2D eigenvalue weighted by Gasteiger charge is -2.15. The maximum Gasteiger partial charge on any atom is 0.267 e. The highest BCUT2D eigenvalue weighted by molar-refractivity contribution is 5.90. The highest BCUT2D eigenvalue weighted by Crippen LogP contribution is 2.22. The second-order valence-electron chi connectivity index (χ2n) is 5.77. The highest BCUT2D eigenvalue weighted by Gasteiger charge is 2.07. The zero-order chi connectivity index (χ0) is 15.9. The first kappa shape index (κ1) is 16.1. The summed E-state index contributed by atoms with van der Waals surface area (Å²) < 4.78 is 1.61. The first-order valence-electron chi connectivity index (χ1n) is 7.70. The second-order valence-corrected chi connectivity index (χ2v) is 5.77. The molecule has 3 rings (SSSR count). The van der Waals surface area contributed by atoms with E-state index < -0.39 is 5.91 Å². The van der Waals surface area contributed by atoms with Gasteiger partial charge in [0.15, 0.2) is 0 Å². The number of imidazole rings is 1. The molecule has 6 heteroatoms. The Morgan fingerprint density at radius 3 is 2.55 bits per heavy atom. The van der Waals surface area contributed by atoms with Crippen molar-refractivity contribution in [2.75, 3.05) is 0 Å². The van der Waals surface area contributed by atoms with Crippen molar-refractivity contribution in [2.45, 2.75) is 46.0 Å². The van der Waals surface area contributed by atoms with Gasteiger partial charge in [0.1, 0.15) is 12.0 Å². The van der Waals surface area contributed by atoms with Crippen molar-refractivity contribution in [2.24, 2.45) is 11.7 Å². The van der Waals surface area contributed by atoms with E-state index in [1.165, 1.54) is 32.1 Å². The molecule has 1 fully saturated rings. The van der Waals surface area contributed by atoms with Gasteiger partial charge in [-0.25, -0.2) is 15.0 Å². The van der Waals surface area contributed by atoms with Gasteiger partial charge in [0.2, 0.25) is 5.95 Å². The molecule has 1 saturated carbocycles. The van der Waals surface area contributed by atoms with Gasteiger partial charge in [0.25, 0.3) is 5.91 Å². The van der Waals surface area contributed by atoms with Crippen LogP contribution >= 0.6 is 0 Å². The fourth-order valence-corrected chi connectivity index (χ4v) is 2.48. The van der Waals surface area contributed by atoms with Gasteiger partial charge in [0.05, 0.1) is 0 Å². The van der Waals surface area contributed by atoms with Gasteiger partial charge in [-0.1, -0.05) is 39.0 Å². The summed E-state index contributed by atoms with van der Waals surface area (Å²) in [5, 5.41) is 0. The Morgan fingerprint density at radius 1 is 1.32 bits per heavy atom. The highest BCUT2D eigenvalue weighted by atomic mass is 16.1. The smallest absolute Gasteiger partial charge is 0.267 e. The number of hydrogen-bond acceptors (Lipinski definition) is 4. The Labute approximate surface area is 132 Å². The summed E-state index contributed by atoms with van der Waals surface area (Å²) in [5.41, 5.74) is 6.03. The summed E-state index contributed by atoms with van der Waals surface area (Å²) in [5.74, 6) is 0.858. The van der Waals surface area contributed by atoms with Gasteiger partial charge in [0, 0.05) is 19.5 Å². The topological polar surface area (TPSA) is 86.7 Å². The molecule has 120 valence electrons. The van der Waals surface area contributed by atoms with Crippen LogP contribution in [-0.4, -0.2) is 25.4 Å². The van der Waals surface area contributed by atoms with Gasteiger partial charge < -0.3 is 5.73 Å². The van der Waals surface area contributed by atoms with Crippen LogP contribution in [0.1, 0.15) is 56.6 Å². The molecule has 0 aromatic carbocycles. The van der Waals surface area contributed by atoms with Crippen molar-refractivity contribution in [1.29, 1.82) is 0 Å². The molecule has 0 aliphatic heterocycles. The molecule has 1 amide bonds. The van der Waals surface area contributed by atoms with E-state index in [-0.39, 0.29) is 7.12 Å². The summed E-state index contributed by atoms with van der Waals surface area (Å²) in [6.07, 6.45) is 12.3. The molecular weight excluding hydrogens is 278 g/mol. The molecule has 0 atom stereocenters. The average molecular weight is 303 g/mol. The van der Waals surface area contributed by atoms with E-state index in [1.54, 1.807) is 36.3 Å². The lowest BCUT2D eigenvalue weighted by atomic mass is 9.91. The Morgan fingerprint density at radius 2 is 2.05 bits per heavy atom. The minimum absolute atomic E-state index is 0. The number of nitrogens with zero attached hydrogens (tertiary/aromatic N) is 4. The fraction of sp³-hybridized carbons (Fsp3) is 0.500. The Kier molecular flexibility index (Phi) is 5.63. The Balaban J connectivity index is 0.000000280. The van der Waals surface area contributed by atoms with Crippen LogP contribution in [0.3, 0.4) is 0 Å². The van der Waals surface area contributed by atoms with Crippen molar-refractivity contribution >= 4 is 5.91 Å². The number of nitrogens with two attached hydrogens (primary N) is 1. The largest absolute Gasteiger partial charge is 0.364 e. The third kappa shape index (κ3) is 4.65. The quantitative estimate of drug-likeness (QED) is 0.924. The number of carbonyl (C=O) groups excluding carboxylic acids is 1. The van der Waals surface area contributed by atoms with Crippen LogP contribution in [0, 0.1) is 12.8 Å². The zero-order valence-electron chi connectivity index (χ0n) is 13.2. The summed E-state index contributed by atoms with van der Waals surface area (Å²) in [6.45, 7) is 4.13. The monoisotopic (exact) mass is 303 g/mol. The van der Waals surface area contributed by atoms with E-state index in [2.05, 4.69) is 21.9 Å². The lowest BCUT2D eigenvalue weighted by molar-refractivity contribution is 0.0995. The molecule has 6 nitrogen and oxygen atoms in total. The third-order valence-electron chi connectivity index (χ3n) is 3.72. The van der Waals surface area contributed by atoms with Gasteiger partial charge in [-0.05, 0) is 18.9 Å². The molecule has 0 saturated heterocycles. The summed E-state index contributed by atoms with van der Waals surface area (Å²) in [7, 11) is 0. The predicted molar refractivity (Wildman–Crippen MR) is 86.8 cm³/mol. The molecule has 22 heavy (non-hydrogen) atoms. The number of aromatic nitrogens is 4. The van der Waals surface area contributed by atoms with Gasteiger partial charge in [-0.15, -0.1) is 0 Å². The molecular formula is C16H25N5O. The molecule has 2 aromatic heterocycles. The van der Waals surface area contributed by atoms with Crippen molar-refractivity contribution < 1.29 is 6.22 Å². The lowest BCUT2D eigenvalue weighted by Crippen LogP contribution is -2.15. The number of primary amides is 1. The van der Waals surface area contributed by atoms with Crippen molar-refractivity contribution in [3.63, 3.8) is 0 Å². The maximum atomic E-state index is 11.0. The molecule has 2 heterocycles.